The van der Waals surface area contributed by atoms with Crippen molar-refractivity contribution in [2.75, 3.05) is 40.4 Å². The van der Waals surface area contributed by atoms with Gasteiger partial charge in [0.05, 0.1) is 21.3 Å². The summed E-state index contributed by atoms with van der Waals surface area (Å²) in [6.07, 6.45) is 0.708. The van der Waals surface area contributed by atoms with E-state index in [1.807, 2.05) is 0 Å². The molecule has 1 aliphatic heterocycles. The number of ether oxygens (including phenoxy) is 2. The van der Waals surface area contributed by atoms with Gasteiger partial charge in [0.25, 0.3) is 0 Å². The predicted octanol–water partition coefficient (Wildman–Crippen LogP) is 2.53. The number of carbonyl (C=O) groups is 2. The van der Waals surface area contributed by atoms with Crippen LogP contribution >= 0.6 is 0 Å². The molecule has 0 aromatic rings. The zero-order valence-corrected chi connectivity index (χ0v) is 19.5. The van der Waals surface area contributed by atoms with E-state index in [2.05, 4.69) is 55.0 Å². The van der Waals surface area contributed by atoms with E-state index in [0.717, 1.165) is 24.2 Å². The number of hydrogen-bond donors (Lipinski definition) is 0. The first-order chi connectivity index (χ1) is 13.0. The Morgan fingerprint density at radius 2 is 1.46 bits per heavy atom. The van der Waals surface area contributed by atoms with Gasteiger partial charge in [0.2, 0.25) is 0 Å². The van der Waals surface area contributed by atoms with E-state index in [1.54, 1.807) is 13.8 Å². The van der Waals surface area contributed by atoms with Crippen LogP contribution in [0.15, 0.2) is 22.8 Å². The van der Waals surface area contributed by atoms with Crippen molar-refractivity contribution in [1.29, 1.82) is 0 Å². The van der Waals surface area contributed by atoms with E-state index in [4.69, 9.17) is 9.47 Å². The molecule has 1 saturated carbocycles. The normalized spacial score (nSPS) is 23.6. The zero-order chi connectivity index (χ0) is 21.1. The summed E-state index contributed by atoms with van der Waals surface area (Å²) in [5.74, 6) is 1.29. The Balaban J connectivity index is 2.51. The molecule has 0 bridgehead atoms. The highest BCUT2D eigenvalue weighted by molar-refractivity contribution is 6.81. The van der Waals surface area contributed by atoms with Crippen molar-refractivity contribution in [2.24, 2.45) is 5.41 Å². The molecule has 0 aromatic heterocycles. The Morgan fingerprint density at radius 1 is 1.00 bits per heavy atom. The lowest BCUT2D eigenvalue weighted by molar-refractivity contribution is -0.171. The second-order valence-corrected chi connectivity index (χ2v) is 14.0. The summed E-state index contributed by atoms with van der Waals surface area (Å²) in [6.45, 7) is 13.0. The van der Waals surface area contributed by atoms with Crippen molar-refractivity contribution in [3.63, 3.8) is 0 Å². The number of esters is 2. The SMILES string of the molecule is CCOC(=O)C1(C(=O)OCC)CC(=CB2N(C)CCN2C)C(=C[Si](C)(C)C)C1. The molecule has 8 heteroatoms. The lowest BCUT2D eigenvalue weighted by Crippen LogP contribution is -2.40. The van der Waals surface area contributed by atoms with Gasteiger partial charge in [0, 0.05) is 13.1 Å². The number of allylic oxidation sites excluding steroid dienone is 2. The molecule has 156 valence electrons. The Kier molecular flexibility index (Phi) is 7.34. The summed E-state index contributed by atoms with van der Waals surface area (Å²) >= 11 is 0. The fraction of sp³-hybridized carbons (Fsp3) is 0.700. The predicted molar refractivity (Wildman–Crippen MR) is 115 cm³/mol. The maximum atomic E-state index is 12.9. The Hall–Kier alpha value is -1.38. The molecular weight excluding hydrogens is 371 g/mol. The van der Waals surface area contributed by atoms with Gasteiger partial charge >= 0.3 is 18.9 Å². The largest absolute Gasteiger partial charge is 0.465 e. The average molecular weight is 406 g/mol. The number of hydrogen-bond acceptors (Lipinski definition) is 6. The highest BCUT2D eigenvalue weighted by Gasteiger charge is 2.54. The van der Waals surface area contributed by atoms with Crippen LogP contribution in [0.4, 0.5) is 0 Å². The van der Waals surface area contributed by atoms with Crippen LogP contribution in [-0.2, 0) is 19.1 Å². The van der Waals surface area contributed by atoms with Crippen LogP contribution in [0.25, 0.3) is 0 Å². The van der Waals surface area contributed by atoms with E-state index < -0.39 is 25.4 Å². The van der Waals surface area contributed by atoms with Crippen molar-refractivity contribution < 1.29 is 19.1 Å². The van der Waals surface area contributed by atoms with E-state index in [0.29, 0.717) is 12.8 Å². The molecule has 28 heavy (non-hydrogen) atoms. The standard InChI is InChI=1S/C20H35BN2O4Si/c1-8-26-18(24)20(19(25)27-9-2)12-16(17(13-20)15-28(5,6)7)14-21-22(3)10-11-23(21)4/h14-15H,8-13H2,1-7H3. The molecule has 1 heterocycles. The molecule has 1 aliphatic carbocycles. The number of carbonyl (C=O) groups excluding carboxylic acids is 2. The summed E-state index contributed by atoms with van der Waals surface area (Å²) in [6, 6.07) is 0. The van der Waals surface area contributed by atoms with Crippen molar-refractivity contribution in [2.45, 2.75) is 46.3 Å². The second kappa shape index (κ2) is 8.97. The molecule has 0 atom stereocenters. The van der Waals surface area contributed by atoms with Crippen molar-refractivity contribution >= 4 is 27.0 Å². The lowest BCUT2D eigenvalue weighted by atomic mass is 9.71. The van der Waals surface area contributed by atoms with Crippen LogP contribution in [0.5, 0.6) is 0 Å². The Morgan fingerprint density at radius 3 is 1.89 bits per heavy atom. The Bertz CT molecular complexity index is 644. The molecule has 2 fully saturated rings. The minimum atomic E-state index is -1.56. The van der Waals surface area contributed by atoms with Crippen LogP contribution in [0.1, 0.15) is 26.7 Å². The molecular formula is C20H35BN2O4Si. The first-order valence-electron chi connectivity index (χ1n) is 10.2. The van der Waals surface area contributed by atoms with Gasteiger partial charge in [-0.1, -0.05) is 42.5 Å². The molecule has 0 radical (unpaired) electrons. The third-order valence-electron chi connectivity index (χ3n) is 5.40. The minimum Gasteiger partial charge on any atom is -0.465 e. The highest BCUT2D eigenvalue weighted by atomic mass is 28.3. The van der Waals surface area contributed by atoms with Gasteiger partial charge in [-0.15, -0.1) is 0 Å². The highest BCUT2D eigenvalue weighted by Crippen LogP contribution is 2.48. The van der Waals surface area contributed by atoms with E-state index in [1.165, 1.54) is 0 Å². The van der Waals surface area contributed by atoms with Gasteiger partial charge in [-0.05, 0) is 40.8 Å². The quantitative estimate of drug-likeness (QED) is 0.384. The minimum absolute atomic E-state index is 0.167. The average Bonchev–Trinajstić information content (AvgIpc) is 3.10. The third kappa shape index (κ3) is 4.96. The fourth-order valence-electron chi connectivity index (χ4n) is 4.03. The third-order valence-corrected chi connectivity index (χ3v) is 6.61. The number of nitrogens with zero attached hydrogens (tertiary/aromatic N) is 2. The second-order valence-electron chi connectivity index (χ2n) is 8.98. The first kappa shape index (κ1) is 22.9. The maximum absolute atomic E-state index is 12.9. The van der Waals surface area contributed by atoms with Gasteiger partial charge in [0.1, 0.15) is 0 Å². The van der Waals surface area contributed by atoms with Gasteiger partial charge in [-0.2, -0.15) is 0 Å². The first-order valence-corrected chi connectivity index (χ1v) is 13.8. The topological polar surface area (TPSA) is 59.1 Å². The molecule has 6 nitrogen and oxygen atoms in total. The van der Waals surface area contributed by atoms with Crippen LogP contribution in [0.2, 0.25) is 19.6 Å². The van der Waals surface area contributed by atoms with E-state index >= 15 is 0 Å². The van der Waals surface area contributed by atoms with E-state index in [-0.39, 0.29) is 20.2 Å². The van der Waals surface area contributed by atoms with Gasteiger partial charge in [-0.25, -0.2) is 0 Å². The molecule has 0 N–H and O–H groups in total. The van der Waals surface area contributed by atoms with Crippen LogP contribution < -0.4 is 0 Å². The summed E-state index contributed by atoms with van der Waals surface area (Å²) in [5.41, 5.74) is 3.23. The molecule has 0 amide bonds. The van der Waals surface area contributed by atoms with Crippen LogP contribution in [-0.4, -0.2) is 77.0 Å². The van der Waals surface area contributed by atoms with Crippen molar-refractivity contribution in [3.05, 3.63) is 22.8 Å². The van der Waals surface area contributed by atoms with Crippen molar-refractivity contribution in [3.8, 4) is 0 Å². The molecule has 1 saturated heterocycles. The van der Waals surface area contributed by atoms with Gasteiger partial charge < -0.3 is 19.1 Å². The molecule has 0 aromatic carbocycles. The molecule has 2 aliphatic rings. The smallest absolute Gasteiger partial charge is 0.338 e. The fourth-order valence-corrected chi connectivity index (χ4v) is 5.37. The van der Waals surface area contributed by atoms with Crippen molar-refractivity contribution in [1.82, 2.24) is 9.62 Å². The maximum Gasteiger partial charge on any atom is 0.338 e. The van der Waals surface area contributed by atoms with Gasteiger partial charge in [-0.3, -0.25) is 9.59 Å². The molecule has 0 unspecified atom stereocenters. The molecule has 2 rings (SSSR count). The Labute approximate surface area is 171 Å². The summed E-state index contributed by atoms with van der Waals surface area (Å²) in [7, 11) is 2.65. The summed E-state index contributed by atoms with van der Waals surface area (Å²) in [5, 5.41) is 0. The zero-order valence-electron chi connectivity index (χ0n) is 18.5. The van der Waals surface area contributed by atoms with Crippen LogP contribution in [0.3, 0.4) is 0 Å². The van der Waals surface area contributed by atoms with Gasteiger partial charge in [0.15, 0.2) is 5.41 Å². The summed E-state index contributed by atoms with van der Waals surface area (Å²) < 4.78 is 10.7. The number of rotatable bonds is 6. The summed E-state index contributed by atoms with van der Waals surface area (Å²) in [4.78, 5) is 30.4. The monoisotopic (exact) mass is 406 g/mol. The lowest BCUT2D eigenvalue weighted by Gasteiger charge is -2.23. The van der Waals surface area contributed by atoms with E-state index in [9.17, 15) is 9.59 Å². The molecule has 0 spiro atoms. The van der Waals surface area contributed by atoms with Crippen LogP contribution in [0, 0.1) is 5.41 Å². The number of likely N-dealkylation sites (N-methyl/N-ethyl adjacent to an activating group) is 2.